The zero-order chi connectivity index (χ0) is 30.1. The lowest BCUT2D eigenvalue weighted by atomic mass is 9.71. The molecule has 1 atom stereocenters. The third-order valence-electron chi connectivity index (χ3n) is 10.7. The molecule has 0 fully saturated rings. The van der Waals surface area contributed by atoms with E-state index >= 15 is 0 Å². The van der Waals surface area contributed by atoms with Gasteiger partial charge in [0.2, 0.25) is 0 Å². The van der Waals surface area contributed by atoms with E-state index in [1.165, 1.54) is 92.8 Å². The normalized spacial score (nSPS) is 14.8. The molecule has 4 heterocycles. The molecule has 0 amide bonds. The summed E-state index contributed by atoms with van der Waals surface area (Å²) < 4.78 is 2.55. The summed E-state index contributed by atoms with van der Waals surface area (Å²) in [5.41, 5.74) is 12.7. The van der Waals surface area contributed by atoms with Crippen molar-refractivity contribution in [3.8, 4) is 11.1 Å². The first kappa shape index (κ1) is 24.5. The Labute approximate surface area is 264 Å². The zero-order valence-corrected chi connectivity index (χ0v) is 25.3. The Bertz CT molecular complexity index is 2910. The first-order valence-electron chi connectivity index (χ1n) is 16.1. The second-order valence-corrected chi connectivity index (χ2v) is 12.9. The molecule has 0 saturated carbocycles. The van der Waals surface area contributed by atoms with Crippen molar-refractivity contribution in [1.29, 1.82) is 0 Å². The smallest absolute Gasteiger partial charge is 0.0887 e. The van der Waals surface area contributed by atoms with Crippen LogP contribution in [0.1, 0.15) is 28.3 Å². The van der Waals surface area contributed by atoms with Crippen molar-refractivity contribution < 1.29 is 0 Å². The highest BCUT2D eigenvalue weighted by molar-refractivity contribution is 6.31. The Balaban J connectivity index is 1.42. The molecule has 1 unspecified atom stereocenters. The highest BCUT2D eigenvalue weighted by Crippen LogP contribution is 2.55. The molecule has 11 rings (SSSR count). The second-order valence-electron chi connectivity index (χ2n) is 12.9. The number of hydrogen-bond acceptors (Lipinski definition) is 2. The summed E-state index contributed by atoms with van der Waals surface area (Å²) in [7, 11) is 0. The average molecular weight is 586 g/mol. The quantitative estimate of drug-likeness (QED) is 0.192. The van der Waals surface area contributed by atoms with Crippen LogP contribution in [0.2, 0.25) is 0 Å². The molecule has 3 heteroatoms. The summed E-state index contributed by atoms with van der Waals surface area (Å²) >= 11 is 0. The van der Waals surface area contributed by atoms with E-state index in [-0.39, 0.29) is 5.92 Å². The Morgan fingerprint density at radius 1 is 0.587 bits per heavy atom. The molecule has 6 aromatic carbocycles. The molecule has 214 valence electrons. The lowest BCUT2D eigenvalue weighted by Gasteiger charge is -2.32. The van der Waals surface area contributed by atoms with Crippen molar-refractivity contribution in [2.45, 2.75) is 19.3 Å². The van der Waals surface area contributed by atoms with Gasteiger partial charge in [-0.15, -0.1) is 0 Å². The van der Waals surface area contributed by atoms with Gasteiger partial charge in [0, 0.05) is 44.4 Å². The summed E-state index contributed by atoms with van der Waals surface area (Å²) in [5.74, 6) is 0.0813. The molecule has 10 aromatic rings. The van der Waals surface area contributed by atoms with E-state index in [1.54, 1.807) is 0 Å². The van der Waals surface area contributed by atoms with Gasteiger partial charge in [-0.2, -0.15) is 0 Å². The first-order chi connectivity index (χ1) is 22.8. The highest BCUT2D eigenvalue weighted by atomic mass is 14.9. The van der Waals surface area contributed by atoms with Crippen LogP contribution in [-0.4, -0.2) is 14.4 Å². The standard InChI is InChI=1S/C43H27N3/c1-24-27-17-9-21-44-35(27)23-45-41(24)34-22-26-20-19-25-10-2-3-11-28(25)37(26)38-30-13-4-5-14-32(30)43-40(39(34)38)33-16-8-15-31-29-12-6-7-18-36(29)46(43)42(31)33/h2-21,23,34H,22H2,1H3. The van der Waals surface area contributed by atoms with Gasteiger partial charge in [-0.3, -0.25) is 9.97 Å². The Hall–Kier alpha value is -5.80. The molecular formula is C43H27N3. The Kier molecular flexibility index (Phi) is 4.62. The van der Waals surface area contributed by atoms with Gasteiger partial charge < -0.3 is 4.40 Å². The summed E-state index contributed by atoms with van der Waals surface area (Å²) in [4.78, 5) is 9.89. The SMILES string of the molecule is Cc1c(C2Cc3ccc4ccccc4c3-c3c2c2c4cccc5c6ccccc6n(c54)c2c2ccccc32)ncc2ncccc12. The minimum absolute atomic E-state index is 0.0813. The van der Waals surface area contributed by atoms with E-state index in [0.717, 1.165) is 17.6 Å². The van der Waals surface area contributed by atoms with Crippen LogP contribution in [-0.2, 0) is 6.42 Å². The van der Waals surface area contributed by atoms with Crippen LogP contribution in [0.25, 0.3) is 81.7 Å². The topological polar surface area (TPSA) is 30.2 Å². The van der Waals surface area contributed by atoms with Crippen molar-refractivity contribution in [2.75, 3.05) is 0 Å². The maximum Gasteiger partial charge on any atom is 0.0887 e. The molecule has 0 spiro atoms. The van der Waals surface area contributed by atoms with E-state index in [2.05, 4.69) is 126 Å². The average Bonchev–Trinajstić information content (AvgIpc) is 3.64. The maximum atomic E-state index is 5.24. The Morgan fingerprint density at radius 3 is 2.22 bits per heavy atom. The lowest BCUT2D eigenvalue weighted by Crippen LogP contribution is -2.16. The number of rotatable bonds is 1. The van der Waals surface area contributed by atoms with Crippen LogP contribution >= 0.6 is 0 Å². The minimum atomic E-state index is 0.0813. The van der Waals surface area contributed by atoms with E-state index in [4.69, 9.17) is 4.98 Å². The number of para-hydroxylation sites is 2. The third-order valence-corrected chi connectivity index (χ3v) is 10.7. The minimum Gasteiger partial charge on any atom is -0.307 e. The van der Waals surface area contributed by atoms with Crippen LogP contribution in [0.15, 0.2) is 128 Å². The molecule has 0 bridgehead atoms. The fraction of sp³-hybridized carbons (Fsp3) is 0.0698. The molecule has 0 N–H and O–H groups in total. The molecular weight excluding hydrogens is 558 g/mol. The molecule has 0 radical (unpaired) electrons. The van der Waals surface area contributed by atoms with Crippen LogP contribution in [0.4, 0.5) is 0 Å². The molecule has 4 aromatic heterocycles. The molecule has 0 aliphatic heterocycles. The van der Waals surface area contributed by atoms with Crippen molar-refractivity contribution in [1.82, 2.24) is 14.4 Å². The van der Waals surface area contributed by atoms with Gasteiger partial charge in [-0.1, -0.05) is 103 Å². The van der Waals surface area contributed by atoms with Crippen LogP contribution in [0, 0.1) is 6.92 Å². The van der Waals surface area contributed by atoms with Crippen molar-refractivity contribution in [3.63, 3.8) is 0 Å². The second kappa shape index (κ2) is 8.68. The molecule has 0 saturated heterocycles. The van der Waals surface area contributed by atoms with Crippen LogP contribution in [0.5, 0.6) is 0 Å². The maximum absolute atomic E-state index is 5.24. The Morgan fingerprint density at radius 2 is 1.30 bits per heavy atom. The monoisotopic (exact) mass is 585 g/mol. The molecule has 1 aliphatic rings. The van der Waals surface area contributed by atoms with E-state index in [0.29, 0.717) is 0 Å². The van der Waals surface area contributed by atoms with Gasteiger partial charge in [0.05, 0.1) is 34.0 Å². The van der Waals surface area contributed by atoms with Gasteiger partial charge in [-0.05, 0) is 69.5 Å². The largest absolute Gasteiger partial charge is 0.307 e. The van der Waals surface area contributed by atoms with Gasteiger partial charge in [0.15, 0.2) is 0 Å². The predicted octanol–water partition coefficient (Wildman–Crippen LogP) is 10.7. The number of nitrogens with zero attached hydrogens (tertiary/aromatic N) is 3. The molecule has 46 heavy (non-hydrogen) atoms. The van der Waals surface area contributed by atoms with Gasteiger partial charge in [-0.25, -0.2) is 0 Å². The fourth-order valence-corrected chi connectivity index (χ4v) is 8.91. The number of aromatic nitrogens is 3. The van der Waals surface area contributed by atoms with E-state index in [1.807, 2.05) is 18.5 Å². The number of aryl methyl sites for hydroxylation is 1. The van der Waals surface area contributed by atoms with Crippen LogP contribution in [0.3, 0.4) is 0 Å². The first-order valence-corrected chi connectivity index (χ1v) is 16.1. The van der Waals surface area contributed by atoms with Crippen LogP contribution < -0.4 is 0 Å². The van der Waals surface area contributed by atoms with Crippen molar-refractivity contribution in [2.24, 2.45) is 0 Å². The van der Waals surface area contributed by atoms with Gasteiger partial charge in [0.1, 0.15) is 0 Å². The third kappa shape index (κ3) is 2.94. The number of benzene rings is 6. The van der Waals surface area contributed by atoms with E-state index < -0.39 is 0 Å². The van der Waals surface area contributed by atoms with Crippen molar-refractivity contribution in [3.05, 3.63) is 150 Å². The van der Waals surface area contributed by atoms with E-state index in [9.17, 15) is 0 Å². The summed E-state index contributed by atoms with van der Waals surface area (Å²) in [6.45, 7) is 2.24. The summed E-state index contributed by atoms with van der Waals surface area (Å²) in [6.07, 6.45) is 4.73. The lowest BCUT2D eigenvalue weighted by molar-refractivity contribution is 0.768. The summed E-state index contributed by atoms with van der Waals surface area (Å²) in [5, 5.41) is 11.7. The highest BCUT2D eigenvalue weighted by Gasteiger charge is 2.35. The van der Waals surface area contributed by atoms with Gasteiger partial charge >= 0.3 is 0 Å². The number of fused-ring (bicyclic) bond motifs is 16. The summed E-state index contributed by atoms with van der Waals surface area (Å²) in [6, 6.07) is 42.7. The fourth-order valence-electron chi connectivity index (χ4n) is 8.91. The molecule has 1 aliphatic carbocycles. The number of pyridine rings is 2. The zero-order valence-electron chi connectivity index (χ0n) is 25.3. The predicted molar refractivity (Wildman–Crippen MR) is 191 cm³/mol. The van der Waals surface area contributed by atoms with Crippen molar-refractivity contribution >= 4 is 70.5 Å². The molecule has 3 nitrogen and oxygen atoms in total. The van der Waals surface area contributed by atoms with Gasteiger partial charge in [0.25, 0.3) is 0 Å². The number of hydrogen-bond donors (Lipinski definition) is 0.